The van der Waals surface area contributed by atoms with Gasteiger partial charge in [0, 0.05) is 37.3 Å². The lowest BCUT2D eigenvalue weighted by molar-refractivity contribution is 0.242. The molecule has 2 fully saturated rings. The number of nitrogens with zero attached hydrogens (tertiary/aromatic N) is 4. The summed E-state index contributed by atoms with van der Waals surface area (Å²) in [5.74, 6) is 2.33. The van der Waals surface area contributed by atoms with Crippen molar-refractivity contribution in [2.75, 3.05) is 66.6 Å². The molecule has 0 saturated carbocycles. The second kappa shape index (κ2) is 12.1. The average molecular weight is 493 g/mol. The molecule has 2 saturated heterocycles. The Morgan fingerprint density at radius 1 is 0.889 bits per heavy atom. The summed E-state index contributed by atoms with van der Waals surface area (Å²) >= 11 is 0. The van der Waals surface area contributed by atoms with Crippen molar-refractivity contribution in [3.05, 3.63) is 42.5 Å². The molecule has 2 aromatic carbocycles. The van der Waals surface area contributed by atoms with E-state index in [1.54, 1.807) is 0 Å². The van der Waals surface area contributed by atoms with Crippen LogP contribution in [-0.4, -0.2) is 92.3 Å². The molecule has 5 rings (SSSR count). The molecule has 3 aromatic rings. The van der Waals surface area contributed by atoms with E-state index in [2.05, 4.69) is 33.8 Å². The molecule has 3 heterocycles. The van der Waals surface area contributed by atoms with Crippen molar-refractivity contribution in [3.8, 4) is 23.0 Å². The largest absolute Gasteiger partial charge is 0.494 e. The minimum atomic E-state index is 0.618. The minimum absolute atomic E-state index is 0.618. The van der Waals surface area contributed by atoms with Crippen molar-refractivity contribution in [1.29, 1.82) is 0 Å². The van der Waals surface area contributed by atoms with Gasteiger partial charge in [0.1, 0.15) is 17.0 Å². The highest BCUT2D eigenvalue weighted by Gasteiger charge is 2.23. The van der Waals surface area contributed by atoms with Crippen molar-refractivity contribution >= 4 is 11.1 Å². The summed E-state index contributed by atoms with van der Waals surface area (Å²) in [4.78, 5) is 12.0. The quantitative estimate of drug-likeness (QED) is 0.338. The number of hydrogen-bond acceptors (Lipinski definition) is 7. The minimum Gasteiger partial charge on any atom is -0.494 e. The normalized spacial score (nSPS) is 19.0. The molecule has 7 nitrogen and oxygen atoms in total. The summed E-state index contributed by atoms with van der Waals surface area (Å²) < 4.78 is 18.0. The Bertz CT molecular complexity index is 1090. The Balaban J connectivity index is 1.08. The number of benzene rings is 2. The molecule has 194 valence electrons. The zero-order valence-corrected chi connectivity index (χ0v) is 21.8. The highest BCUT2D eigenvalue weighted by Crippen LogP contribution is 2.28. The van der Waals surface area contributed by atoms with E-state index in [4.69, 9.17) is 13.9 Å². The lowest BCUT2D eigenvalue weighted by Gasteiger charge is -2.20. The molecule has 2 aliphatic heterocycles. The van der Waals surface area contributed by atoms with Crippen LogP contribution in [0.1, 0.15) is 32.1 Å². The lowest BCUT2D eigenvalue weighted by atomic mass is 10.2. The van der Waals surface area contributed by atoms with Gasteiger partial charge in [0.25, 0.3) is 0 Å². The number of aromatic nitrogens is 1. The first-order valence-electron chi connectivity index (χ1n) is 13.5. The van der Waals surface area contributed by atoms with Crippen LogP contribution in [0.5, 0.6) is 11.5 Å². The van der Waals surface area contributed by atoms with Gasteiger partial charge < -0.3 is 28.6 Å². The first kappa shape index (κ1) is 25.1. The molecule has 1 aromatic heterocycles. The molecule has 36 heavy (non-hydrogen) atoms. The summed E-state index contributed by atoms with van der Waals surface area (Å²) in [6, 6.07) is 14.6. The Morgan fingerprint density at radius 2 is 1.58 bits per heavy atom. The van der Waals surface area contributed by atoms with Gasteiger partial charge in [-0.05, 0) is 102 Å². The van der Waals surface area contributed by atoms with Crippen molar-refractivity contribution in [2.45, 2.75) is 38.1 Å². The molecule has 2 aliphatic rings. The molecule has 1 atom stereocenters. The van der Waals surface area contributed by atoms with Crippen LogP contribution < -0.4 is 9.47 Å². The summed E-state index contributed by atoms with van der Waals surface area (Å²) in [6.07, 6.45) is 6.01. The van der Waals surface area contributed by atoms with Crippen molar-refractivity contribution in [2.24, 2.45) is 0 Å². The van der Waals surface area contributed by atoms with Crippen molar-refractivity contribution in [3.63, 3.8) is 0 Å². The van der Waals surface area contributed by atoms with Crippen LogP contribution in [0.3, 0.4) is 0 Å². The molecule has 0 unspecified atom stereocenters. The summed E-state index contributed by atoms with van der Waals surface area (Å²) in [6.45, 7) is 8.48. The lowest BCUT2D eigenvalue weighted by Crippen LogP contribution is -2.32. The molecular formula is C29H40N4O3. The highest BCUT2D eigenvalue weighted by atomic mass is 16.5. The maximum absolute atomic E-state index is 6.06. The number of likely N-dealkylation sites (tertiary alicyclic amines) is 2. The van der Waals surface area contributed by atoms with Gasteiger partial charge in [0.05, 0.1) is 13.2 Å². The fraction of sp³-hybridized carbons (Fsp3) is 0.552. The SMILES string of the molecule is CN(C)[C@@H]1CCN(CCCOc2ccc3nc(-c4ccc(OCCCN5CCCC5)cc4)oc3c2)C1. The highest BCUT2D eigenvalue weighted by molar-refractivity contribution is 5.77. The summed E-state index contributed by atoms with van der Waals surface area (Å²) in [5.41, 5.74) is 2.53. The van der Waals surface area contributed by atoms with Gasteiger partial charge in [-0.15, -0.1) is 0 Å². The van der Waals surface area contributed by atoms with Gasteiger partial charge in [0.15, 0.2) is 5.58 Å². The van der Waals surface area contributed by atoms with E-state index in [1.165, 1.54) is 38.9 Å². The number of fused-ring (bicyclic) bond motifs is 1. The smallest absolute Gasteiger partial charge is 0.227 e. The van der Waals surface area contributed by atoms with Gasteiger partial charge >= 0.3 is 0 Å². The van der Waals surface area contributed by atoms with Crippen molar-refractivity contribution in [1.82, 2.24) is 19.7 Å². The van der Waals surface area contributed by atoms with Crippen LogP contribution in [0, 0.1) is 0 Å². The van der Waals surface area contributed by atoms with Crippen LogP contribution >= 0.6 is 0 Å². The third-order valence-corrected chi connectivity index (χ3v) is 7.41. The zero-order valence-electron chi connectivity index (χ0n) is 21.8. The molecule has 7 heteroatoms. The molecule has 0 spiro atoms. The number of ether oxygens (including phenoxy) is 2. The summed E-state index contributed by atoms with van der Waals surface area (Å²) in [7, 11) is 4.34. The molecule has 0 aliphatic carbocycles. The van der Waals surface area contributed by atoms with Gasteiger partial charge in [-0.25, -0.2) is 4.98 Å². The Hall–Kier alpha value is -2.61. The van der Waals surface area contributed by atoms with Gasteiger partial charge in [-0.2, -0.15) is 0 Å². The standard InChI is InChI=1S/C29H40N4O3/c1-31(2)24-13-18-33(22-24)17-6-20-35-26-11-12-27-28(21-26)36-29(30-27)23-7-9-25(10-8-23)34-19-5-16-32-14-3-4-15-32/h7-12,21,24H,3-6,13-20,22H2,1-2H3/t24-/m1/s1. The number of hydrogen-bond donors (Lipinski definition) is 0. The van der Waals surface area contributed by atoms with E-state index in [9.17, 15) is 0 Å². The van der Waals surface area contributed by atoms with Crippen molar-refractivity contribution < 1.29 is 13.9 Å². The fourth-order valence-corrected chi connectivity index (χ4v) is 5.21. The second-order valence-corrected chi connectivity index (χ2v) is 10.3. The topological polar surface area (TPSA) is 54.2 Å². The zero-order chi connectivity index (χ0) is 24.7. The maximum Gasteiger partial charge on any atom is 0.227 e. The molecule has 0 amide bonds. The number of rotatable bonds is 12. The van der Waals surface area contributed by atoms with Crippen LogP contribution in [0.25, 0.3) is 22.6 Å². The average Bonchev–Trinajstić information content (AvgIpc) is 3.65. The third kappa shape index (κ3) is 6.58. The number of oxazole rings is 1. The maximum atomic E-state index is 6.06. The third-order valence-electron chi connectivity index (χ3n) is 7.41. The predicted octanol–water partition coefficient (Wildman–Crippen LogP) is 4.76. The van der Waals surface area contributed by atoms with E-state index < -0.39 is 0 Å². The van der Waals surface area contributed by atoms with Gasteiger partial charge in [-0.3, -0.25) is 0 Å². The van der Waals surface area contributed by atoms with Crippen LogP contribution in [0.4, 0.5) is 0 Å². The van der Waals surface area contributed by atoms with Crippen LogP contribution in [0.2, 0.25) is 0 Å². The fourth-order valence-electron chi connectivity index (χ4n) is 5.21. The molecular weight excluding hydrogens is 452 g/mol. The molecule has 0 radical (unpaired) electrons. The monoisotopic (exact) mass is 492 g/mol. The van der Waals surface area contributed by atoms with Gasteiger partial charge in [-0.1, -0.05) is 0 Å². The van der Waals surface area contributed by atoms with E-state index in [0.29, 0.717) is 18.5 Å². The van der Waals surface area contributed by atoms with E-state index in [0.717, 1.165) is 67.2 Å². The van der Waals surface area contributed by atoms with E-state index in [-0.39, 0.29) is 0 Å². The Kier molecular flexibility index (Phi) is 8.41. The van der Waals surface area contributed by atoms with E-state index in [1.807, 2.05) is 42.5 Å². The van der Waals surface area contributed by atoms with Crippen LogP contribution in [0.15, 0.2) is 46.9 Å². The molecule has 0 N–H and O–H groups in total. The van der Waals surface area contributed by atoms with E-state index >= 15 is 0 Å². The number of likely N-dealkylation sites (N-methyl/N-ethyl adjacent to an activating group) is 1. The summed E-state index contributed by atoms with van der Waals surface area (Å²) in [5, 5.41) is 0. The first-order valence-corrected chi connectivity index (χ1v) is 13.5. The first-order chi connectivity index (χ1) is 17.6. The predicted molar refractivity (Wildman–Crippen MR) is 144 cm³/mol. The van der Waals surface area contributed by atoms with Crippen LogP contribution in [-0.2, 0) is 0 Å². The second-order valence-electron chi connectivity index (χ2n) is 10.3. The molecule has 0 bridgehead atoms. The van der Waals surface area contributed by atoms with Gasteiger partial charge in [0.2, 0.25) is 5.89 Å². The Labute approximate surface area is 215 Å². The Morgan fingerprint density at radius 3 is 2.31 bits per heavy atom.